The molecule has 0 radical (unpaired) electrons. The van der Waals surface area contributed by atoms with E-state index in [1.165, 1.54) is 13.0 Å². The van der Waals surface area contributed by atoms with Crippen LogP contribution in [0.1, 0.15) is 25.0 Å². The van der Waals surface area contributed by atoms with Crippen LogP contribution in [0.3, 0.4) is 0 Å². The molecular weight excluding hydrogens is 527 g/mol. The average molecular weight is 546 g/mol. The van der Waals surface area contributed by atoms with Crippen molar-refractivity contribution in [1.82, 2.24) is 0 Å². The Labute approximate surface area is 218 Å². The zero-order valence-electron chi connectivity index (χ0n) is 20.5. The number of amides is 1. The molecule has 0 aromatic heterocycles. The van der Waals surface area contributed by atoms with E-state index in [0.717, 1.165) is 5.56 Å². The van der Waals surface area contributed by atoms with Crippen molar-refractivity contribution in [3.63, 3.8) is 0 Å². The van der Waals surface area contributed by atoms with E-state index in [1.54, 1.807) is 37.3 Å². The molecule has 0 spiro atoms. The molecule has 0 atom stereocenters. The van der Waals surface area contributed by atoms with Gasteiger partial charge in [0.05, 0.1) is 17.9 Å². The van der Waals surface area contributed by atoms with Crippen molar-refractivity contribution < 1.29 is 45.7 Å². The van der Waals surface area contributed by atoms with Crippen molar-refractivity contribution in [2.24, 2.45) is 5.10 Å². The van der Waals surface area contributed by atoms with E-state index in [2.05, 4.69) is 5.10 Å². The van der Waals surface area contributed by atoms with Crippen LogP contribution in [0.2, 0.25) is 0 Å². The third kappa shape index (κ3) is 4.73. The molecule has 0 N–H and O–H groups in total. The van der Waals surface area contributed by atoms with Gasteiger partial charge in [0.15, 0.2) is 46.3 Å². The molecule has 2 aliphatic rings. The largest absolute Gasteiger partial charge is 0.490 e. The maximum Gasteiger partial charge on any atom is 0.280 e. The van der Waals surface area contributed by atoms with Crippen molar-refractivity contribution in [3.8, 4) is 23.0 Å². The van der Waals surface area contributed by atoms with Crippen LogP contribution < -0.4 is 24.0 Å². The SMILES string of the molecule is CCOc1cc(/C=C2/C(=O)N(c3c(F)c(F)c(F)c(F)c3F)N=C2C)ccc1OCc1ccc2c(c1)OCO2. The number of ether oxygens (including phenoxy) is 4. The highest BCUT2D eigenvalue weighted by molar-refractivity contribution is 6.32. The summed E-state index contributed by atoms with van der Waals surface area (Å²) >= 11 is 0. The average Bonchev–Trinajstić information content (AvgIpc) is 3.50. The number of hydrazone groups is 1. The molecule has 0 unspecified atom stereocenters. The number of halogens is 5. The summed E-state index contributed by atoms with van der Waals surface area (Å²) in [6, 6.07) is 10.2. The van der Waals surface area contributed by atoms with Gasteiger partial charge >= 0.3 is 0 Å². The molecule has 0 aliphatic carbocycles. The number of anilines is 1. The normalized spacial score (nSPS) is 15.3. The molecule has 2 aliphatic heterocycles. The Bertz CT molecular complexity index is 1530. The van der Waals surface area contributed by atoms with Crippen molar-refractivity contribution in [2.75, 3.05) is 18.4 Å². The fraction of sp³-hybridized carbons (Fsp3) is 0.185. The van der Waals surface area contributed by atoms with E-state index in [1.807, 2.05) is 6.07 Å². The lowest BCUT2D eigenvalue weighted by Crippen LogP contribution is -2.25. The second-order valence-electron chi connectivity index (χ2n) is 8.39. The molecule has 3 aromatic carbocycles. The van der Waals surface area contributed by atoms with Crippen molar-refractivity contribution in [1.29, 1.82) is 0 Å². The number of benzene rings is 3. The summed E-state index contributed by atoms with van der Waals surface area (Å²) in [5, 5.41) is 3.89. The van der Waals surface area contributed by atoms with Crippen LogP contribution in [-0.2, 0) is 11.4 Å². The van der Waals surface area contributed by atoms with Gasteiger partial charge in [-0.25, -0.2) is 22.0 Å². The Morgan fingerprint density at radius 2 is 1.59 bits per heavy atom. The van der Waals surface area contributed by atoms with Crippen LogP contribution in [0.4, 0.5) is 27.6 Å². The summed E-state index contributed by atoms with van der Waals surface area (Å²) in [5.41, 5.74) is -0.308. The quantitative estimate of drug-likeness (QED) is 0.160. The lowest BCUT2D eigenvalue weighted by atomic mass is 10.1. The maximum absolute atomic E-state index is 14.3. The van der Waals surface area contributed by atoms with Crippen LogP contribution in [0.5, 0.6) is 23.0 Å². The van der Waals surface area contributed by atoms with Gasteiger partial charge in [-0.2, -0.15) is 10.1 Å². The fourth-order valence-electron chi connectivity index (χ4n) is 3.98. The van der Waals surface area contributed by atoms with Crippen molar-refractivity contribution in [2.45, 2.75) is 20.5 Å². The molecule has 0 saturated carbocycles. The van der Waals surface area contributed by atoms with Gasteiger partial charge in [-0.15, -0.1) is 0 Å². The molecule has 12 heteroatoms. The Morgan fingerprint density at radius 3 is 2.31 bits per heavy atom. The summed E-state index contributed by atoms with van der Waals surface area (Å²) in [4.78, 5) is 12.9. The minimum absolute atomic E-state index is 0.00466. The second kappa shape index (κ2) is 10.3. The number of hydrogen-bond acceptors (Lipinski definition) is 6. The summed E-state index contributed by atoms with van der Waals surface area (Å²) in [7, 11) is 0. The van der Waals surface area contributed by atoms with Gasteiger partial charge in [-0.05, 0) is 55.3 Å². The van der Waals surface area contributed by atoms with E-state index in [-0.39, 0.29) is 29.7 Å². The molecule has 3 aromatic rings. The molecule has 39 heavy (non-hydrogen) atoms. The maximum atomic E-state index is 14.3. The van der Waals surface area contributed by atoms with Gasteiger partial charge in [-0.1, -0.05) is 12.1 Å². The van der Waals surface area contributed by atoms with Gasteiger partial charge in [-0.3, -0.25) is 4.79 Å². The molecule has 0 saturated heterocycles. The minimum Gasteiger partial charge on any atom is -0.490 e. The number of nitrogens with zero attached hydrogens (tertiary/aromatic N) is 2. The summed E-state index contributed by atoms with van der Waals surface area (Å²) in [5.74, 6) is -10.1. The lowest BCUT2D eigenvalue weighted by molar-refractivity contribution is -0.114. The van der Waals surface area contributed by atoms with Gasteiger partial charge in [0, 0.05) is 0 Å². The molecule has 5 rings (SSSR count). The standard InChI is InChI=1S/C27H19F5N2O5/c1-3-36-19-9-14(4-6-17(19)37-11-15-5-7-18-20(10-15)39-12-38-18)8-16-13(2)33-34(27(16)35)26-24(31)22(29)21(28)23(30)25(26)32/h4-10H,3,11-12H2,1-2H3/b16-8+. The van der Waals surface area contributed by atoms with E-state index < -0.39 is 40.7 Å². The van der Waals surface area contributed by atoms with E-state index in [4.69, 9.17) is 18.9 Å². The number of carbonyl (C=O) groups excluding carboxylic acids is 1. The first kappa shape index (κ1) is 26.0. The highest BCUT2D eigenvalue weighted by Crippen LogP contribution is 2.36. The van der Waals surface area contributed by atoms with Gasteiger partial charge in [0.2, 0.25) is 12.6 Å². The lowest BCUT2D eigenvalue weighted by Gasteiger charge is -2.15. The Kier molecular flexibility index (Phi) is 6.85. The highest BCUT2D eigenvalue weighted by atomic mass is 19.2. The second-order valence-corrected chi connectivity index (χ2v) is 8.39. The number of rotatable bonds is 7. The topological polar surface area (TPSA) is 69.6 Å². The van der Waals surface area contributed by atoms with Crippen molar-refractivity contribution in [3.05, 3.63) is 82.2 Å². The monoisotopic (exact) mass is 546 g/mol. The zero-order valence-corrected chi connectivity index (χ0v) is 20.5. The predicted octanol–water partition coefficient (Wildman–Crippen LogP) is 5.89. The summed E-state index contributed by atoms with van der Waals surface area (Å²) in [6.07, 6.45) is 1.36. The number of hydrogen-bond donors (Lipinski definition) is 0. The van der Waals surface area contributed by atoms with Gasteiger partial charge in [0.1, 0.15) is 12.3 Å². The Hall–Kier alpha value is -4.61. The van der Waals surface area contributed by atoms with E-state index in [9.17, 15) is 26.7 Å². The first-order valence-corrected chi connectivity index (χ1v) is 11.6. The Balaban J connectivity index is 1.40. The molecule has 7 nitrogen and oxygen atoms in total. The first-order chi connectivity index (χ1) is 18.7. The fourth-order valence-corrected chi connectivity index (χ4v) is 3.98. The van der Waals surface area contributed by atoms with E-state index >= 15 is 0 Å². The van der Waals surface area contributed by atoms with Crippen LogP contribution in [0, 0.1) is 29.1 Å². The molecular formula is C27H19F5N2O5. The molecule has 0 fully saturated rings. The zero-order chi connectivity index (χ0) is 27.8. The third-order valence-electron chi connectivity index (χ3n) is 5.87. The smallest absolute Gasteiger partial charge is 0.280 e. The van der Waals surface area contributed by atoms with Crippen LogP contribution in [0.15, 0.2) is 47.1 Å². The number of fused-ring (bicyclic) bond motifs is 1. The van der Waals surface area contributed by atoms with Gasteiger partial charge < -0.3 is 18.9 Å². The predicted molar refractivity (Wildman–Crippen MR) is 129 cm³/mol. The van der Waals surface area contributed by atoms with Crippen molar-refractivity contribution >= 4 is 23.4 Å². The molecule has 202 valence electrons. The summed E-state index contributed by atoms with van der Waals surface area (Å²) in [6.45, 7) is 3.78. The molecule has 2 heterocycles. The number of carbonyl (C=O) groups is 1. The van der Waals surface area contributed by atoms with Crippen LogP contribution >= 0.6 is 0 Å². The first-order valence-electron chi connectivity index (χ1n) is 11.6. The van der Waals surface area contributed by atoms with Crippen LogP contribution in [0.25, 0.3) is 6.08 Å². The molecule has 0 bridgehead atoms. The highest BCUT2D eigenvalue weighted by Gasteiger charge is 2.37. The minimum atomic E-state index is -2.33. The third-order valence-corrected chi connectivity index (χ3v) is 5.87. The summed E-state index contributed by atoms with van der Waals surface area (Å²) < 4.78 is 91.7. The Morgan fingerprint density at radius 1 is 0.897 bits per heavy atom. The van der Waals surface area contributed by atoms with Crippen LogP contribution in [-0.4, -0.2) is 25.0 Å². The van der Waals surface area contributed by atoms with E-state index in [0.29, 0.717) is 35.2 Å². The van der Waals surface area contributed by atoms with Gasteiger partial charge in [0.25, 0.3) is 5.91 Å². The molecule has 1 amide bonds.